The second-order valence-electron chi connectivity index (χ2n) is 4.51. The molecule has 6 heteroatoms. The summed E-state index contributed by atoms with van der Waals surface area (Å²) in [6.45, 7) is 2.42. The topological polar surface area (TPSA) is 72.8 Å². The molecule has 0 aliphatic heterocycles. The predicted molar refractivity (Wildman–Crippen MR) is 88.8 cm³/mol. The third-order valence-corrected chi connectivity index (χ3v) is 4.06. The third-order valence-electron chi connectivity index (χ3n) is 2.97. The van der Waals surface area contributed by atoms with E-state index in [-0.39, 0.29) is 10.7 Å². The number of rotatable bonds is 7. The molecule has 0 saturated carbocycles. The molecule has 0 aliphatic rings. The van der Waals surface area contributed by atoms with Crippen LogP contribution >= 0.6 is 11.3 Å². The van der Waals surface area contributed by atoms with Crippen LogP contribution in [0.25, 0.3) is 6.08 Å². The van der Waals surface area contributed by atoms with Crippen molar-refractivity contribution in [3.05, 3.63) is 51.7 Å². The maximum Gasteiger partial charge on any atom is 0.345 e. The average Bonchev–Trinajstić information content (AvgIpc) is 3.04. The molecule has 1 aromatic carbocycles. The van der Waals surface area contributed by atoms with Crippen molar-refractivity contribution in [1.82, 2.24) is 0 Å². The molecule has 2 rings (SSSR count). The SMILES string of the molecule is CCOc1ccc(/C=C/C(=O)c2ccc(C(=O)O)s2)cc1OC. The Balaban J connectivity index is 2.15. The normalized spacial score (nSPS) is 10.7. The van der Waals surface area contributed by atoms with Gasteiger partial charge in [-0.1, -0.05) is 12.1 Å². The Morgan fingerprint density at radius 2 is 1.91 bits per heavy atom. The van der Waals surface area contributed by atoms with Gasteiger partial charge in [-0.05, 0) is 42.8 Å². The van der Waals surface area contributed by atoms with E-state index in [2.05, 4.69) is 0 Å². The summed E-state index contributed by atoms with van der Waals surface area (Å²) in [6, 6.07) is 8.30. The van der Waals surface area contributed by atoms with E-state index in [0.717, 1.165) is 16.9 Å². The van der Waals surface area contributed by atoms with Gasteiger partial charge in [0.25, 0.3) is 0 Å². The Kier molecular flexibility index (Phi) is 5.54. The number of hydrogen-bond donors (Lipinski definition) is 1. The molecular weight excluding hydrogens is 316 g/mol. The fourth-order valence-electron chi connectivity index (χ4n) is 1.90. The van der Waals surface area contributed by atoms with E-state index in [9.17, 15) is 9.59 Å². The molecule has 120 valence electrons. The minimum atomic E-state index is -1.03. The minimum Gasteiger partial charge on any atom is -0.493 e. The lowest BCUT2D eigenvalue weighted by molar-refractivity contribution is 0.0702. The van der Waals surface area contributed by atoms with E-state index in [1.165, 1.54) is 18.2 Å². The number of aromatic carboxylic acids is 1. The van der Waals surface area contributed by atoms with Crippen molar-refractivity contribution in [3.8, 4) is 11.5 Å². The molecule has 0 amide bonds. The number of hydrogen-bond acceptors (Lipinski definition) is 5. The first-order chi connectivity index (χ1) is 11.0. The quantitative estimate of drug-likeness (QED) is 0.617. The van der Waals surface area contributed by atoms with Gasteiger partial charge in [-0.25, -0.2) is 4.79 Å². The van der Waals surface area contributed by atoms with Gasteiger partial charge in [0.15, 0.2) is 17.3 Å². The number of carbonyl (C=O) groups is 2. The highest BCUT2D eigenvalue weighted by molar-refractivity contribution is 7.16. The van der Waals surface area contributed by atoms with Gasteiger partial charge >= 0.3 is 5.97 Å². The second-order valence-corrected chi connectivity index (χ2v) is 5.59. The maximum absolute atomic E-state index is 12.1. The van der Waals surface area contributed by atoms with Crippen LogP contribution in [0.2, 0.25) is 0 Å². The van der Waals surface area contributed by atoms with Crippen molar-refractivity contribution in [2.75, 3.05) is 13.7 Å². The number of allylic oxidation sites excluding steroid dienone is 1. The number of carboxylic acids is 1. The summed E-state index contributed by atoms with van der Waals surface area (Å²) in [6.07, 6.45) is 3.06. The molecule has 1 N–H and O–H groups in total. The van der Waals surface area contributed by atoms with Crippen LogP contribution in [0.15, 0.2) is 36.4 Å². The molecule has 0 fully saturated rings. The van der Waals surface area contributed by atoms with Crippen molar-refractivity contribution >= 4 is 29.2 Å². The number of carboxylic acid groups (broad SMARTS) is 1. The van der Waals surface area contributed by atoms with Crippen LogP contribution in [-0.2, 0) is 0 Å². The van der Waals surface area contributed by atoms with Gasteiger partial charge in [0.1, 0.15) is 4.88 Å². The van der Waals surface area contributed by atoms with Crippen LogP contribution in [-0.4, -0.2) is 30.6 Å². The van der Waals surface area contributed by atoms with E-state index in [1.807, 2.05) is 13.0 Å². The summed E-state index contributed by atoms with van der Waals surface area (Å²) >= 11 is 0.956. The highest BCUT2D eigenvalue weighted by atomic mass is 32.1. The molecule has 23 heavy (non-hydrogen) atoms. The Labute approximate surface area is 137 Å². The van der Waals surface area contributed by atoms with Gasteiger partial charge in [-0.3, -0.25) is 4.79 Å². The highest BCUT2D eigenvalue weighted by Crippen LogP contribution is 2.28. The molecule has 1 aromatic heterocycles. The zero-order valence-electron chi connectivity index (χ0n) is 12.7. The van der Waals surface area contributed by atoms with Gasteiger partial charge in [0, 0.05) is 0 Å². The number of ketones is 1. The zero-order chi connectivity index (χ0) is 16.8. The van der Waals surface area contributed by atoms with Gasteiger partial charge < -0.3 is 14.6 Å². The summed E-state index contributed by atoms with van der Waals surface area (Å²) in [7, 11) is 1.55. The van der Waals surface area contributed by atoms with Crippen molar-refractivity contribution in [1.29, 1.82) is 0 Å². The lowest BCUT2D eigenvalue weighted by atomic mass is 10.1. The number of carbonyl (C=O) groups excluding carboxylic acids is 1. The Morgan fingerprint density at radius 3 is 2.52 bits per heavy atom. The van der Waals surface area contributed by atoms with Crippen molar-refractivity contribution in [2.24, 2.45) is 0 Å². The zero-order valence-corrected chi connectivity index (χ0v) is 13.6. The fourth-order valence-corrected chi connectivity index (χ4v) is 2.67. The first-order valence-electron chi connectivity index (χ1n) is 6.91. The molecule has 0 bridgehead atoms. The maximum atomic E-state index is 12.1. The van der Waals surface area contributed by atoms with Crippen LogP contribution in [0, 0.1) is 0 Å². The summed E-state index contributed by atoms with van der Waals surface area (Å²) in [4.78, 5) is 23.4. The number of thiophene rings is 1. The summed E-state index contributed by atoms with van der Waals surface area (Å²) in [5.41, 5.74) is 0.786. The van der Waals surface area contributed by atoms with E-state index in [4.69, 9.17) is 14.6 Å². The van der Waals surface area contributed by atoms with Crippen LogP contribution in [0.4, 0.5) is 0 Å². The van der Waals surface area contributed by atoms with E-state index in [0.29, 0.717) is 23.0 Å². The Hall–Kier alpha value is -2.60. The number of methoxy groups -OCH3 is 1. The molecule has 0 aliphatic carbocycles. The van der Waals surface area contributed by atoms with E-state index >= 15 is 0 Å². The van der Waals surface area contributed by atoms with Gasteiger partial charge in [0.2, 0.25) is 0 Å². The average molecular weight is 332 g/mol. The summed E-state index contributed by atoms with van der Waals surface area (Å²) in [5, 5.41) is 8.87. The van der Waals surface area contributed by atoms with Crippen molar-refractivity contribution in [2.45, 2.75) is 6.92 Å². The fraction of sp³-hybridized carbons (Fsp3) is 0.176. The first-order valence-corrected chi connectivity index (χ1v) is 7.73. The predicted octanol–water partition coefficient (Wildman–Crippen LogP) is 3.75. The lowest BCUT2D eigenvalue weighted by Crippen LogP contribution is -1.95. The largest absolute Gasteiger partial charge is 0.493 e. The number of ether oxygens (including phenoxy) is 2. The molecular formula is C17H16O5S. The second kappa shape index (κ2) is 7.60. The third kappa shape index (κ3) is 4.20. The van der Waals surface area contributed by atoms with Crippen LogP contribution in [0.1, 0.15) is 31.8 Å². The minimum absolute atomic E-state index is 0.143. The first kappa shape index (κ1) is 16.8. The molecule has 2 aromatic rings. The molecule has 0 atom stereocenters. The molecule has 5 nitrogen and oxygen atoms in total. The van der Waals surface area contributed by atoms with Gasteiger partial charge in [-0.15, -0.1) is 11.3 Å². The van der Waals surface area contributed by atoms with Gasteiger partial charge in [-0.2, -0.15) is 0 Å². The lowest BCUT2D eigenvalue weighted by Gasteiger charge is -2.09. The molecule has 0 saturated heterocycles. The smallest absolute Gasteiger partial charge is 0.345 e. The highest BCUT2D eigenvalue weighted by Gasteiger charge is 2.11. The molecule has 1 heterocycles. The van der Waals surface area contributed by atoms with Crippen molar-refractivity contribution in [3.63, 3.8) is 0 Å². The Morgan fingerprint density at radius 1 is 1.17 bits per heavy atom. The van der Waals surface area contributed by atoms with Crippen LogP contribution in [0.3, 0.4) is 0 Å². The molecule has 0 spiro atoms. The van der Waals surface area contributed by atoms with E-state index in [1.54, 1.807) is 25.3 Å². The van der Waals surface area contributed by atoms with Crippen LogP contribution in [0.5, 0.6) is 11.5 Å². The molecule has 0 radical (unpaired) electrons. The van der Waals surface area contributed by atoms with Crippen molar-refractivity contribution < 1.29 is 24.2 Å². The standard InChI is InChI=1S/C17H16O5S/c1-3-22-13-7-5-11(10-14(13)21-2)4-6-12(18)15-8-9-16(23-15)17(19)20/h4-10H,3H2,1-2H3,(H,19,20)/b6-4+. The monoisotopic (exact) mass is 332 g/mol. The Bertz CT molecular complexity index is 745. The van der Waals surface area contributed by atoms with Crippen LogP contribution < -0.4 is 9.47 Å². The molecule has 0 unspecified atom stereocenters. The number of benzene rings is 1. The summed E-state index contributed by atoms with van der Waals surface area (Å²) < 4.78 is 10.7. The van der Waals surface area contributed by atoms with E-state index < -0.39 is 5.97 Å². The summed E-state index contributed by atoms with van der Waals surface area (Å²) in [5.74, 6) is -0.0433. The van der Waals surface area contributed by atoms with Gasteiger partial charge in [0.05, 0.1) is 18.6 Å².